The lowest BCUT2D eigenvalue weighted by molar-refractivity contribution is 0.0535. The number of rotatable bonds is 8. The molecule has 1 unspecified atom stereocenters. The largest absolute Gasteiger partial charge is 0.489 e. The van der Waals surface area contributed by atoms with Gasteiger partial charge >= 0.3 is 0 Å². The van der Waals surface area contributed by atoms with Gasteiger partial charge in [-0.2, -0.15) is 0 Å². The predicted molar refractivity (Wildman–Crippen MR) is 102 cm³/mol. The van der Waals surface area contributed by atoms with Crippen molar-refractivity contribution >= 4 is 0 Å². The van der Waals surface area contributed by atoms with Crippen LogP contribution in [0.2, 0.25) is 0 Å². The van der Waals surface area contributed by atoms with E-state index in [1.165, 1.54) is 11.1 Å². The van der Waals surface area contributed by atoms with Crippen LogP contribution in [0.25, 0.3) is 0 Å². The highest BCUT2D eigenvalue weighted by atomic mass is 16.5. The first-order valence-electron chi connectivity index (χ1n) is 8.71. The van der Waals surface area contributed by atoms with Gasteiger partial charge in [0, 0.05) is 0 Å². The lowest BCUT2D eigenvalue weighted by atomic mass is 10.1. The maximum atomic E-state index is 5.96. The van der Waals surface area contributed by atoms with Crippen LogP contribution in [0.4, 0.5) is 0 Å². The normalized spacial score (nSPS) is 11.9. The molecular weight excluding hydrogens is 308 g/mol. The van der Waals surface area contributed by atoms with Gasteiger partial charge in [0.15, 0.2) is 0 Å². The monoisotopic (exact) mass is 332 g/mol. The molecule has 2 heteroatoms. The lowest BCUT2D eigenvalue weighted by Gasteiger charge is -2.13. The summed E-state index contributed by atoms with van der Waals surface area (Å²) in [5, 5.41) is 0. The van der Waals surface area contributed by atoms with Crippen LogP contribution in [0, 0.1) is 0 Å². The van der Waals surface area contributed by atoms with Gasteiger partial charge in [-0.05, 0) is 42.2 Å². The summed E-state index contributed by atoms with van der Waals surface area (Å²) in [4.78, 5) is 0. The van der Waals surface area contributed by atoms with Gasteiger partial charge in [-0.1, -0.05) is 72.8 Å². The van der Waals surface area contributed by atoms with E-state index in [4.69, 9.17) is 9.47 Å². The van der Waals surface area contributed by atoms with Crippen molar-refractivity contribution in [2.45, 2.75) is 32.7 Å². The quantitative estimate of drug-likeness (QED) is 0.549. The van der Waals surface area contributed by atoms with Gasteiger partial charge in [0.25, 0.3) is 0 Å². The second-order valence-corrected chi connectivity index (χ2v) is 6.23. The van der Waals surface area contributed by atoms with E-state index >= 15 is 0 Å². The Morgan fingerprint density at radius 3 is 1.84 bits per heavy atom. The fraction of sp³-hybridized carbons (Fsp3) is 0.217. The molecule has 0 fully saturated rings. The van der Waals surface area contributed by atoms with Crippen molar-refractivity contribution in [2.75, 3.05) is 0 Å². The first kappa shape index (κ1) is 17.2. The van der Waals surface area contributed by atoms with Crippen LogP contribution in [0.3, 0.4) is 0 Å². The highest BCUT2D eigenvalue weighted by Crippen LogP contribution is 2.16. The molecule has 0 heterocycles. The molecule has 3 aromatic carbocycles. The van der Waals surface area contributed by atoms with Crippen molar-refractivity contribution in [2.24, 2.45) is 0 Å². The number of hydrogen-bond acceptors (Lipinski definition) is 2. The highest BCUT2D eigenvalue weighted by molar-refractivity contribution is 5.27. The van der Waals surface area contributed by atoms with Crippen LogP contribution >= 0.6 is 0 Å². The van der Waals surface area contributed by atoms with Gasteiger partial charge in [-0.25, -0.2) is 0 Å². The second kappa shape index (κ2) is 9.05. The van der Waals surface area contributed by atoms with Crippen molar-refractivity contribution in [3.63, 3.8) is 0 Å². The van der Waals surface area contributed by atoms with E-state index in [2.05, 4.69) is 55.5 Å². The molecule has 0 aromatic heterocycles. The maximum Gasteiger partial charge on any atom is 0.119 e. The van der Waals surface area contributed by atoms with Gasteiger partial charge in [-0.3, -0.25) is 0 Å². The first-order valence-corrected chi connectivity index (χ1v) is 8.71. The molecule has 3 aromatic rings. The third-order valence-corrected chi connectivity index (χ3v) is 4.07. The van der Waals surface area contributed by atoms with E-state index in [0.717, 1.165) is 17.7 Å². The van der Waals surface area contributed by atoms with E-state index < -0.39 is 0 Å². The molecule has 128 valence electrons. The Morgan fingerprint density at radius 2 is 1.20 bits per heavy atom. The molecule has 1 atom stereocenters. The zero-order valence-electron chi connectivity index (χ0n) is 14.6. The second-order valence-electron chi connectivity index (χ2n) is 6.23. The predicted octanol–water partition coefficient (Wildman–Crippen LogP) is 5.41. The van der Waals surface area contributed by atoms with Crippen molar-refractivity contribution in [3.8, 4) is 5.75 Å². The topological polar surface area (TPSA) is 18.5 Å². The molecule has 0 spiro atoms. The Hall–Kier alpha value is -2.58. The van der Waals surface area contributed by atoms with Gasteiger partial charge in [0.1, 0.15) is 12.4 Å². The van der Waals surface area contributed by atoms with E-state index in [1.54, 1.807) is 0 Å². The summed E-state index contributed by atoms with van der Waals surface area (Å²) in [6, 6.07) is 28.8. The average Bonchev–Trinajstić information content (AvgIpc) is 2.67. The Bertz CT molecular complexity index is 736. The highest BCUT2D eigenvalue weighted by Gasteiger charge is 2.04. The Labute approximate surface area is 150 Å². The van der Waals surface area contributed by atoms with Crippen molar-refractivity contribution in [1.29, 1.82) is 0 Å². The molecule has 0 saturated heterocycles. The average molecular weight is 332 g/mol. The molecule has 0 bridgehead atoms. The molecular formula is C23H24O2. The Kier molecular flexibility index (Phi) is 6.24. The molecule has 0 aliphatic rings. The Balaban J connectivity index is 1.44. The molecule has 0 aliphatic heterocycles. The molecule has 2 nitrogen and oxygen atoms in total. The van der Waals surface area contributed by atoms with Gasteiger partial charge < -0.3 is 9.47 Å². The minimum Gasteiger partial charge on any atom is -0.489 e. The van der Waals surface area contributed by atoms with Crippen LogP contribution < -0.4 is 4.74 Å². The maximum absolute atomic E-state index is 5.96. The summed E-state index contributed by atoms with van der Waals surface area (Å²) >= 11 is 0. The molecule has 3 rings (SSSR count). The Morgan fingerprint density at radius 1 is 0.640 bits per heavy atom. The fourth-order valence-electron chi connectivity index (χ4n) is 2.67. The molecule has 0 N–H and O–H groups in total. The van der Waals surface area contributed by atoms with Crippen LogP contribution in [-0.4, -0.2) is 6.10 Å². The summed E-state index contributed by atoms with van der Waals surface area (Å²) in [6.07, 6.45) is 1.12. The van der Waals surface area contributed by atoms with Crippen LogP contribution in [0.1, 0.15) is 23.6 Å². The molecule has 0 radical (unpaired) electrons. The minimum atomic E-state index is 0.191. The van der Waals surface area contributed by atoms with Crippen molar-refractivity contribution in [3.05, 3.63) is 102 Å². The van der Waals surface area contributed by atoms with Gasteiger partial charge in [0.05, 0.1) is 12.7 Å². The third kappa shape index (κ3) is 5.77. The SMILES string of the molecule is CC(Cc1ccccc1)OCc1ccc(OCc2ccccc2)cc1. The minimum absolute atomic E-state index is 0.191. The molecule has 0 amide bonds. The molecule has 0 aliphatic carbocycles. The first-order chi connectivity index (χ1) is 12.3. The van der Waals surface area contributed by atoms with E-state index in [9.17, 15) is 0 Å². The molecule has 25 heavy (non-hydrogen) atoms. The van der Waals surface area contributed by atoms with E-state index in [1.807, 2.05) is 36.4 Å². The molecule has 0 saturated carbocycles. The van der Waals surface area contributed by atoms with E-state index in [0.29, 0.717) is 13.2 Å². The summed E-state index contributed by atoms with van der Waals surface area (Å²) in [5.41, 5.74) is 3.64. The zero-order valence-corrected chi connectivity index (χ0v) is 14.6. The van der Waals surface area contributed by atoms with Gasteiger partial charge in [-0.15, -0.1) is 0 Å². The number of ether oxygens (including phenoxy) is 2. The summed E-state index contributed by atoms with van der Waals surface area (Å²) in [6.45, 7) is 3.32. The zero-order chi connectivity index (χ0) is 17.3. The van der Waals surface area contributed by atoms with Crippen molar-refractivity contribution in [1.82, 2.24) is 0 Å². The van der Waals surface area contributed by atoms with Crippen LogP contribution in [-0.2, 0) is 24.4 Å². The van der Waals surface area contributed by atoms with Crippen LogP contribution in [0.5, 0.6) is 5.75 Å². The van der Waals surface area contributed by atoms with E-state index in [-0.39, 0.29) is 6.10 Å². The van der Waals surface area contributed by atoms with Crippen molar-refractivity contribution < 1.29 is 9.47 Å². The summed E-state index contributed by atoms with van der Waals surface area (Å²) in [5.74, 6) is 0.880. The summed E-state index contributed by atoms with van der Waals surface area (Å²) < 4.78 is 11.8. The standard InChI is InChI=1S/C23H24O2/c1-19(16-20-8-4-2-5-9-20)24-17-22-12-14-23(15-13-22)25-18-21-10-6-3-7-11-21/h2-15,19H,16-18H2,1H3. The third-order valence-electron chi connectivity index (χ3n) is 4.07. The summed E-state index contributed by atoms with van der Waals surface area (Å²) in [7, 11) is 0. The lowest BCUT2D eigenvalue weighted by Crippen LogP contribution is -2.11. The van der Waals surface area contributed by atoms with Gasteiger partial charge in [0.2, 0.25) is 0 Å². The fourth-order valence-corrected chi connectivity index (χ4v) is 2.67. The number of hydrogen-bond donors (Lipinski definition) is 0. The smallest absolute Gasteiger partial charge is 0.119 e. The number of benzene rings is 3. The van der Waals surface area contributed by atoms with Crippen LogP contribution in [0.15, 0.2) is 84.9 Å².